The van der Waals surface area contributed by atoms with Crippen LogP contribution < -0.4 is 0 Å². The van der Waals surface area contributed by atoms with E-state index in [9.17, 15) is 4.79 Å². The van der Waals surface area contributed by atoms with Crippen LogP contribution in [-0.2, 0) is 9.47 Å². The summed E-state index contributed by atoms with van der Waals surface area (Å²) in [6, 6.07) is 0. The van der Waals surface area contributed by atoms with Crippen molar-refractivity contribution in [3.8, 4) is 0 Å². The van der Waals surface area contributed by atoms with Gasteiger partial charge in [-0.15, -0.1) is 0 Å². The molecule has 0 heterocycles. The Labute approximate surface area is 105 Å². The molecule has 15 heavy (non-hydrogen) atoms. The van der Waals surface area contributed by atoms with E-state index in [1.165, 1.54) is 19.3 Å². The lowest BCUT2D eigenvalue weighted by molar-refractivity contribution is -0.00593. The van der Waals surface area contributed by atoms with Crippen LogP contribution in [0.5, 0.6) is 0 Å². The average molecular weight is 326 g/mol. The van der Waals surface area contributed by atoms with Gasteiger partial charge in [0.05, 0.1) is 0 Å². The molecule has 0 aromatic carbocycles. The quantitative estimate of drug-likeness (QED) is 0.449. The minimum Gasteiger partial charge on any atom is -0.431 e. The summed E-state index contributed by atoms with van der Waals surface area (Å²) in [4.78, 5) is 11.4. The Bertz CT molecular complexity index is 186. The summed E-state index contributed by atoms with van der Waals surface area (Å²) < 4.78 is 11.3. The van der Waals surface area contributed by atoms with Crippen molar-refractivity contribution in [2.45, 2.75) is 57.7 Å². The SMILES string of the molecule is CCC(CI)OC(=O)OC1CCCCC1. The summed E-state index contributed by atoms with van der Waals surface area (Å²) in [5, 5.41) is 0. The minimum absolute atomic E-state index is 0.00157. The predicted molar refractivity (Wildman–Crippen MR) is 67.4 cm³/mol. The summed E-state index contributed by atoms with van der Waals surface area (Å²) in [5.41, 5.74) is 0. The summed E-state index contributed by atoms with van der Waals surface area (Å²) >= 11 is 2.22. The largest absolute Gasteiger partial charge is 0.508 e. The van der Waals surface area contributed by atoms with Gasteiger partial charge in [-0.2, -0.15) is 0 Å². The smallest absolute Gasteiger partial charge is 0.431 e. The van der Waals surface area contributed by atoms with E-state index in [0.29, 0.717) is 0 Å². The predicted octanol–water partition coefficient (Wildman–Crippen LogP) is 3.69. The Morgan fingerprint density at radius 3 is 2.60 bits per heavy atom. The molecule has 1 atom stereocenters. The molecule has 1 fully saturated rings. The Kier molecular flexibility index (Phi) is 6.36. The zero-order valence-electron chi connectivity index (χ0n) is 9.21. The molecule has 1 unspecified atom stereocenters. The lowest BCUT2D eigenvalue weighted by Crippen LogP contribution is -2.25. The van der Waals surface area contributed by atoms with Gasteiger partial charge in [0.25, 0.3) is 0 Å². The van der Waals surface area contributed by atoms with Gasteiger partial charge in [0.15, 0.2) is 0 Å². The van der Waals surface area contributed by atoms with Crippen LogP contribution in [0.2, 0.25) is 0 Å². The molecule has 0 N–H and O–H groups in total. The Hall–Kier alpha value is 0. The van der Waals surface area contributed by atoms with Gasteiger partial charge in [-0.05, 0) is 32.1 Å². The number of alkyl halides is 1. The molecule has 0 saturated heterocycles. The third-order valence-corrected chi connectivity index (χ3v) is 3.69. The highest BCUT2D eigenvalue weighted by Crippen LogP contribution is 2.21. The molecule has 0 radical (unpaired) electrons. The van der Waals surface area contributed by atoms with Gasteiger partial charge in [0.2, 0.25) is 0 Å². The molecule has 0 spiro atoms. The fourth-order valence-electron chi connectivity index (χ4n) is 1.71. The van der Waals surface area contributed by atoms with Crippen molar-refractivity contribution in [1.82, 2.24) is 0 Å². The van der Waals surface area contributed by atoms with Crippen LogP contribution in [0, 0.1) is 0 Å². The van der Waals surface area contributed by atoms with Crippen LogP contribution in [0.15, 0.2) is 0 Å². The molecular weight excluding hydrogens is 307 g/mol. The first kappa shape index (κ1) is 13.1. The molecule has 0 amide bonds. The first-order chi connectivity index (χ1) is 7.26. The normalized spacial score (nSPS) is 19.6. The maximum atomic E-state index is 11.4. The lowest BCUT2D eigenvalue weighted by atomic mass is 9.98. The number of halogens is 1. The van der Waals surface area contributed by atoms with Crippen molar-refractivity contribution in [1.29, 1.82) is 0 Å². The second-order valence-electron chi connectivity index (χ2n) is 3.93. The fraction of sp³-hybridized carbons (Fsp3) is 0.909. The first-order valence-electron chi connectivity index (χ1n) is 5.69. The summed E-state index contributed by atoms with van der Waals surface area (Å²) in [6.07, 6.45) is 6.06. The van der Waals surface area contributed by atoms with E-state index in [0.717, 1.165) is 23.7 Å². The molecule has 1 saturated carbocycles. The Balaban J connectivity index is 2.21. The van der Waals surface area contributed by atoms with E-state index < -0.39 is 6.16 Å². The molecule has 0 aliphatic heterocycles. The molecule has 0 bridgehead atoms. The lowest BCUT2D eigenvalue weighted by Gasteiger charge is -2.22. The molecule has 3 nitrogen and oxygen atoms in total. The highest BCUT2D eigenvalue weighted by atomic mass is 127. The third kappa shape index (κ3) is 5.04. The highest BCUT2D eigenvalue weighted by Gasteiger charge is 2.20. The van der Waals surface area contributed by atoms with Gasteiger partial charge in [-0.25, -0.2) is 4.79 Å². The van der Waals surface area contributed by atoms with Gasteiger partial charge in [-0.3, -0.25) is 0 Å². The second kappa shape index (κ2) is 7.30. The number of hydrogen-bond acceptors (Lipinski definition) is 3. The Morgan fingerprint density at radius 1 is 1.40 bits per heavy atom. The van der Waals surface area contributed by atoms with Crippen LogP contribution in [0.1, 0.15) is 45.4 Å². The van der Waals surface area contributed by atoms with Crippen LogP contribution in [0.3, 0.4) is 0 Å². The highest BCUT2D eigenvalue weighted by molar-refractivity contribution is 14.1. The molecule has 4 heteroatoms. The van der Waals surface area contributed by atoms with Crippen molar-refractivity contribution in [2.24, 2.45) is 0 Å². The zero-order valence-corrected chi connectivity index (χ0v) is 11.4. The van der Waals surface area contributed by atoms with Gasteiger partial charge in [0, 0.05) is 4.43 Å². The van der Waals surface area contributed by atoms with Gasteiger partial charge in [0.1, 0.15) is 12.2 Å². The topological polar surface area (TPSA) is 35.5 Å². The van der Waals surface area contributed by atoms with Gasteiger partial charge in [-0.1, -0.05) is 35.9 Å². The van der Waals surface area contributed by atoms with E-state index in [4.69, 9.17) is 9.47 Å². The van der Waals surface area contributed by atoms with Crippen LogP contribution in [-0.4, -0.2) is 22.8 Å². The van der Waals surface area contributed by atoms with Gasteiger partial charge < -0.3 is 9.47 Å². The van der Waals surface area contributed by atoms with Crippen molar-refractivity contribution >= 4 is 28.7 Å². The molecule has 1 aliphatic carbocycles. The van der Waals surface area contributed by atoms with Gasteiger partial charge >= 0.3 is 6.16 Å². The average Bonchev–Trinajstić information content (AvgIpc) is 2.27. The third-order valence-electron chi connectivity index (χ3n) is 2.71. The summed E-state index contributed by atoms with van der Waals surface area (Å²) in [6.45, 7) is 2.01. The summed E-state index contributed by atoms with van der Waals surface area (Å²) in [7, 11) is 0. The molecule has 1 aliphatic rings. The number of carbonyl (C=O) groups excluding carboxylic acids is 1. The number of carbonyl (C=O) groups is 1. The zero-order chi connectivity index (χ0) is 11.1. The fourth-order valence-corrected chi connectivity index (χ4v) is 2.51. The number of hydrogen-bond donors (Lipinski definition) is 0. The van der Waals surface area contributed by atoms with Crippen molar-refractivity contribution < 1.29 is 14.3 Å². The van der Waals surface area contributed by atoms with E-state index in [2.05, 4.69) is 22.6 Å². The molecule has 1 rings (SSSR count). The minimum atomic E-state index is -0.481. The molecule has 88 valence electrons. The maximum Gasteiger partial charge on any atom is 0.508 e. The van der Waals surface area contributed by atoms with Crippen molar-refractivity contribution in [3.63, 3.8) is 0 Å². The standard InChI is InChI=1S/C11H19IO3/c1-2-9(8-12)14-11(13)15-10-6-4-3-5-7-10/h9-10H,2-8H2,1H3. The summed E-state index contributed by atoms with van der Waals surface area (Å²) in [5.74, 6) is 0. The molecular formula is C11H19IO3. The Morgan fingerprint density at radius 2 is 2.07 bits per heavy atom. The molecule has 0 aromatic rings. The van der Waals surface area contributed by atoms with E-state index in [1.54, 1.807) is 0 Å². The van der Waals surface area contributed by atoms with Crippen LogP contribution in [0.25, 0.3) is 0 Å². The van der Waals surface area contributed by atoms with E-state index in [1.807, 2.05) is 6.92 Å². The maximum absolute atomic E-state index is 11.4. The number of rotatable bonds is 4. The van der Waals surface area contributed by atoms with E-state index >= 15 is 0 Å². The van der Waals surface area contributed by atoms with E-state index in [-0.39, 0.29) is 12.2 Å². The van der Waals surface area contributed by atoms with Crippen molar-refractivity contribution in [3.05, 3.63) is 0 Å². The molecule has 0 aromatic heterocycles. The van der Waals surface area contributed by atoms with Crippen LogP contribution in [0.4, 0.5) is 4.79 Å². The number of ether oxygens (including phenoxy) is 2. The monoisotopic (exact) mass is 326 g/mol. The van der Waals surface area contributed by atoms with Crippen LogP contribution >= 0.6 is 22.6 Å². The van der Waals surface area contributed by atoms with Crippen molar-refractivity contribution in [2.75, 3.05) is 4.43 Å². The second-order valence-corrected chi connectivity index (χ2v) is 4.81. The first-order valence-corrected chi connectivity index (χ1v) is 7.22.